The minimum Gasteiger partial charge on any atom is -0.405 e. The first-order valence-corrected chi connectivity index (χ1v) is 12.0. The molecule has 3 aromatic carbocycles. The lowest BCUT2D eigenvalue weighted by atomic mass is 9.97. The monoisotopic (exact) mass is 531 g/mol. The van der Waals surface area contributed by atoms with Gasteiger partial charge in [0.15, 0.2) is 9.84 Å². The molecule has 0 saturated carbocycles. The van der Waals surface area contributed by atoms with Crippen molar-refractivity contribution >= 4 is 21.4 Å². The molecule has 3 aromatic rings. The van der Waals surface area contributed by atoms with Gasteiger partial charge in [-0.2, -0.15) is 13.2 Å². The number of carbonyl (C=O) groups is 1. The van der Waals surface area contributed by atoms with Crippen LogP contribution in [-0.2, 0) is 27.2 Å². The van der Waals surface area contributed by atoms with Crippen molar-refractivity contribution in [2.45, 2.75) is 30.8 Å². The van der Waals surface area contributed by atoms with E-state index in [-0.39, 0.29) is 22.8 Å². The maximum absolute atomic E-state index is 13.8. The number of carbonyl (C=O) groups excluding carboxylic acids is 1. The highest BCUT2D eigenvalue weighted by Crippen LogP contribution is 2.42. The highest BCUT2D eigenvalue weighted by atomic mass is 32.2. The van der Waals surface area contributed by atoms with Gasteiger partial charge in [-0.1, -0.05) is 43.3 Å². The van der Waals surface area contributed by atoms with Gasteiger partial charge in [-0.25, -0.2) is 8.42 Å². The minimum atomic E-state index is -5.11. The second-order valence-corrected chi connectivity index (χ2v) is 9.85. The molecule has 0 spiro atoms. The smallest absolute Gasteiger partial charge is 0.405 e. The Kier molecular flexibility index (Phi) is 7.68. The second-order valence-electron chi connectivity index (χ2n) is 7.57. The van der Waals surface area contributed by atoms with Crippen molar-refractivity contribution in [2.24, 2.45) is 0 Å². The van der Waals surface area contributed by atoms with Crippen LogP contribution >= 0.6 is 0 Å². The molecule has 0 unspecified atom stereocenters. The highest BCUT2D eigenvalue weighted by Gasteiger charge is 2.36. The van der Waals surface area contributed by atoms with Crippen LogP contribution in [0.15, 0.2) is 71.6 Å². The number of para-hydroxylation sites is 1. The number of sulfone groups is 1. The molecule has 0 fully saturated rings. The third kappa shape index (κ3) is 6.78. The zero-order valence-corrected chi connectivity index (χ0v) is 19.4. The zero-order valence-electron chi connectivity index (χ0n) is 18.6. The topological polar surface area (TPSA) is 72.5 Å². The van der Waals surface area contributed by atoms with Crippen LogP contribution in [0.3, 0.4) is 0 Å². The Morgan fingerprint density at radius 2 is 1.53 bits per heavy atom. The highest BCUT2D eigenvalue weighted by molar-refractivity contribution is 7.91. The molecule has 0 aliphatic heterocycles. The summed E-state index contributed by atoms with van der Waals surface area (Å²) in [7, 11) is -3.43. The molecule has 0 radical (unpaired) electrons. The fourth-order valence-corrected chi connectivity index (χ4v) is 4.25. The van der Waals surface area contributed by atoms with Crippen molar-refractivity contribution in [3.05, 3.63) is 77.9 Å². The number of ether oxygens (including phenoxy) is 1. The van der Waals surface area contributed by atoms with E-state index in [4.69, 9.17) is 0 Å². The Hall–Kier alpha value is -3.54. The number of nitrogens with one attached hydrogen (secondary N) is 1. The fourth-order valence-electron chi connectivity index (χ4n) is 3.37. The average molecular weight is 531 g/mol. The number of amides is 1. The number of benzene rings is 3. The molecule has 0 aliphatic carbocycles. The van der Waals surface area contributed by atoms with Gasteiger partial charge in [0.2, 0.25) is 5.91 Å². The Labute approximate surface area is 202 Å². The first kappa shape index (κ1) is 27.1. The molecule has 3 rings (SSSR count). The third-order valence-electron chi connectivity index (χ3n) is 5.04. The van der Waals surface area contributed by atoms with Gasteiger partial charge in [0.05, 0.1) is 22.6 Å². The van der Waals surface area contributed by atoms with E-state index in [1.54, 1.807) is 0 Å². The van der Waals surface area contributed by atoms with Crippen LogP contribution in [0.4, 0.5) is 32.0 Å². The summed E-state index contributed by atoms with van der Waals surface area (Å²) in [6, 6.07) is 12.6. The molecular weight excluding hydrogens is 512 g/mol. The van der Waals surface area contributed by atoms with Crippen molar-refractivity contribution in [1.29, 1.82) is 0 Å². The van der Waals surface area contributed by atoms with Gasteiger partial charge >= 0.3 is 12.5 Å². The molecular formula is C24H19F6NO4S. The van der Waals surface area contributed by atoms with Crippen LogP contribution in [0.2, 0.25) is 0 Å². The third-order valence-corrected chi connectivity index (χ3v) is 6.79. The van der Waals surface area contributed by atoms with Crippen molar-refractivity contribution in [3.8, 4) is 16.9 Å². The first-order chi connectivity index (χ1) is 16.7. The van der Waals surface area contributed by atoms with Crippen molar-refractivity contribution in [2.75, 3.05) is 11.1 Å². The summed E-state index contributed by atoms with van der Waals surface area (Å²) in [4.78, 5) is 12.5. The Balaban J connectivity index is 1.87. The Bertz CT molecular complexity index is 1350. The number of hydrogen-bond acceptors (Lipinski definition) is 4. The normalized spacial score (nSPS) is 12.3. The second kappa shape index (κ2) is 10.2. The van der Waals surface area contributed by atoms with E-state index in [0.717, 1.165) is 24.3 Å². The summed E-state index contributed by atoms with van der Waals surface area (Å²) < 4.78 is 107. The molecule has 192 valence electrons. The van der Waals surface area contributed by atoms with Crippen molar-refractivity contribution in [3.63, 3.8) is 0 Å². The molecule has 12 heteroatoms. The number of alkyl halides is 6. The molecule has 1 N–H and O–H groups in total. The molecule has 0 saturated heterocycles. The summed E-state index contributed by atoms with van der Waals surface area (Å²) in [6.07, 6.45) is -10.3. The van der Waals surface area contributed by atoms with E-state index in [1.807, 2.05) is 0 Å². The molecule has 0 aromatic heterocycles. The zero-order chi connectivity index (χ0) is 26.7. The SMILES string of the molecule is CCS(=O)(=O)c1ccc(CC(=O)Nc2ccc(-c3ccccc3OC(F)(F)F)c(C(F)(F)F)c2)cc1. The summed E-state index contributed by atoms with van der Waals surface area (Å²) in [5, 5.41) is 2.32. The number of rotatable bonds is 7. The van der Waals surface area contributed by atoms with Crippen molar-refractivity contribution in [1.82, 2.24) is 0 Å². The maximum atomic E-state index is 13.8. The molecule has 0 bridgehead atoms. The van der Waals surface area contributed by atoms with E-state index in [0.29, 0.717) is 11.6 Å². The Morgan fingerprint density at radius 3 is 2.11 bits per heavy atom. The van der Waals surface area contributed by atoms with Gasteiger partial charge in [-0.05, 0) is 41.5 Å². The molecule has 0 atom stereocenters. The van der Waals surface area contributed by atoms with E-state index in [9.17, 15) is 39.6 Å². The molecule has 1 amide bonds. The van der Waals surface area contributed by atoms with E-state index < -0.39 is 50.7 Å². The predicted molar refractivity (Wildman–Crippen MR) is 120 cm³/mol. The maximum Gasteiger partial charge on any atom is 0.573 e. The van der Waals surface area contributed by atoms with Crippen LogP contribution in [0.5, 0.6) is 5.75 Å². The fraction of sp³-hybridized carbons (Fsp3) is 0.208. The van der Waals surface area contributed by atoms with E-state index in [2.05, 4.69) is 10.1 Å². The van der Waals surface area contributed by atoms with Crippen molar-refractivity contribution < 1.29 is 44.3 Å². The van der Waals surface area contributed by atoms with Gasteiger partial charge in [0.25, 0.3) is 0 Å². The summed E-state index contributed by atoms with van der Waals surface area (Å²) >= 11 is 0. The minimum absolute atomic E-state index is 0.0781. The summed E-state index contributed by atoms with van der Waals surface area (Å²) in [5.41, 5.74) is -2.06. The molecule has 0 heterocycles. The molecule has 5 nitrogen and oxygen atoms in total. The van der Waals surface area contributed by atoms with Crippen LogP contribution in [0.25, 0.3) is 11.1 Å². The van der Waals surface area contributed by atoms with Gasteiger partial charge in [-0.3, -0.25) is 4.79 Å². The van der Waals surface area contributed by atoms with Gasteiger partial charge in [0, 0.05) is 11.3 Å². The lowest BCUT2D eigenvalue weighted by molar-refractivity contribution is -0.274. The molecule has 0 aliphatic rings. The summed E-state index contributed by atoms with van der Waals surface area (Å²) in [5.74, 6) is -1.58. The summed E-state index contributed by atoms with van der Waals surface area (Å²) in [6.45, 7) is 1.49. The Morgan fingerprint density at radius 1 is 0.889 bits per heavy atom. The van der Waals surface area contributed by atoms with Crippen LogP contribution in [0, 0.1) is 0 Å². The predicted octanol–water partition coefficient (Wildman–Crippen LogP) is 6.25. The van der Waals surface area contributed by atoms with Gasteiger partial charge in [-0.15, -0.1) is 13.2 Å². The van der Waals surface area contributed by atoms with E-state index in [1.165, 1.54) is 43.3 Å². The van der Waals surface area contributed by atoms with E-state index >= 15 is 0 Å². The van der Waals surface area contributed by atoms with Crippen LogP contribution in [0.1, 0.15) is 18.1 Å². The number of hydrogen-bond donors (Lipinski definition) is 1. The van der Waals surface area contributed by atoms with Gasteiger partial charge in [0.1, 0.15) is 5.75 Å². The molecule has 36 heavy (non-hydrogen) atoms. The number of halogens is 6. The van der Waals surface area contributed by atoms with Crippen LogP contribution < -0.4 is 10.1 Å². The average Bonchev–Trinajstić information content (AvgIpc) is 2.78. The lowest BCUT2D eigenvalue weighted by Crippen LogP contribution is -2.18. The van der Waals surface area contributed by atoms with Gasteiger partial charge < -0.3 is 10.1 Å². The number of anilines is 1. The largest absolute Gasteiger partial charge is 0.573 e. The first-order valence-electron chi connectivity index (χ1n) is 10.4. The standard InChI is InChI=1S/C24H19F6NO4S/c1-2-36(33,34)17-10-7-15(8-11-17)13-22(32)31-16-9-12-18(20(14-16)23(25,26)27)19-5-3-4-6-21(19)35-24(28,29)30/h3-12,14H,2,13H2,1H3,(H,31,32). The quantitative estimate of drug-likeness (QED) is 0.366. The lowest BCUT2D eigenvalue weighted by Gasteiger charge is -2.18. The van der Waals surface area contributed by atoms with Crippen LogP contribution in [-0.4, -0.2) is 26.4 Å².